The number of aryl methyl sites for hydroxylation is 1. The van der Waals surface area contributed by atoms with E-state index in [4.69, 9.17) is 9.47 Å². The minimum absolute atomic E-state index is 0.214. The summed E-state index contributed by atoms with van der Waals surface area (Å²) in [4.78, 5) is 20.8. The molecule has 1 fully saturated rings. The van der Waals surface area contributed by atoms with Crippen LogP contribution in [0.3, 0.4) is 0 Å². The highest BCUT2D eigenvalue weighted by molar-refractivity contribution is 5.68. The normalized spacial score (nSPS) is 15.8. The van der Waals surface area contributed by atoms with E-state index in [1.165, 1.54) is 5.56 Å². The minimum atomic E-state index is -0.455. The van der Waals surface area contributed by atoms with Gasteiger partial charge in [0.1, 0.15) is 23.8 Å². The van der Waals surface area contributed by atoms with Crippen LogP contribution < -0.4 is 4.74 Å². The molecule has 0 aliphatic carbocycles. The van der Waals surface area contributed by atoms with E-state index in [9.17, 15) is 4.79 Å². The summed E-state index contributed by atoms with van der Waals surface area (Å²) in [5, 5.41) is 0. The van der Waals surface area contributed by atoms with Crippen LogP contribution >= 0.6 is 0 Å². The number of carbonyl (C=O) groups is 1. The van der Waals surface area contributed by atoms with Crippen molar-refractivity contribution < 1.29 is 14.3 Å². The summed E-state index contributed by atoms with van der Waals surface area (Å²) in [6.45, 7) is 10.3. The number of rotatable bonds is 5. The van der Waals surface area contributed by atoms with Crippen molar-refractivity contribution in [3.8, 4) is 5.75 Å². The van der Waals surface area contributed by atoms with Crippen LogP contribution in [0, 0.1) is 0 Å². The molecule has 2 heterocycles. The van der Waals surface area contributed by atoms with Crippen LogP contribution in [0.2, 0.25) is 0 Å². The highest BCUT2D eigenvalue weighted by Gasteiger charge is 2.24. The molecule has 0 saturated carbocycles. The Morgan fingerprint density at radius 3 is 2.52 bits per heavy atom. The molecule has 1 saturated heterocycles. The molecule has 0 radical (unpaired) electrons. The first-order valence-corrected chi connectivity index (χ1v) is 10.2. The Morgan fingerprint density at radius 1 is 1.10 bits per heavy atom. The molecule has 29 heavy (non-hydrogen) atoms. The average Bonchev–Trinajstić information content (AvgIpc) is 2.92. The zero-order chi connectivity index (χ0) is 20.9. The van der Waals surface area contributed by atoms with Gasteiger partial charge in [-0.25, -0.2) is 9.78 Å². The summed E-state index contributed by atoms with van der Waals surface area (Å²) >= 11 is 0. The predicted octanol–water partition coefficient (Wildman–Crippen LogP) is 3.44. The fourth-order valence-electron chi connectivity index (χ4n) is 3.27. The second kappa shape index (κ2) is 9.31. The van der Waals surface area contributed by atoms with Crippen LogP contribution in [0.15, 0.2) is 36.7 Å². The van der Waals surface area contributed by atoms with E-state index in [1.54, 1.807) is 6.20 Å². The Hall–Kier alpha value is -2.54. The molecule has 0 bridgehead atoms. The van der Waals surface area contributed by atoms with E-state index in [-0.39, 0.29) is 6.09 Å². The van der Waals surface area contributed by atoms with Gasteiger partial charge >= 0.3 is 6.09 Å². The van der Waals surface area contributed by atoms with Gasteiger partial charge in [0, 0.05) is 52.2 Å². The third kappa shape index (κ3) is 6.49. The Bertz CT molecular complexity index is 795. The third-order valence-electron chi connectivity index (χ3n) is 4.86. The van der Waals surface area contributed by atoms with Gasteiger partial charge in [0.2, 0.25) is 0 Å². The van der Waals surface area contributed by atoms with E-state index < -0.39 is 5.60 Å². The quantitative estimate of drug-likeness (QED) is 0.769. The molecule has 0 spiro atoms. The average molecular weight is 401 g/mol. The zero-order valence-corrected chi connectivity index (χ0v) is 17.9. The Kier molecular flexibility index (Phi) is 6.79. The highest BCUT2D eigenvalue weighted by Crippen LogP contribution is 2.17. The van der Waals surface area contributed by atoms with E-state index in [0.717, 1.165) is 44.2 Å². The minimum Gasteiger partial charge on any atom is -0.486 e. The van der Waals surface area contributed by atoms with Gasteiger partial charge in [0.05, 0.1) is 0 Å². The van der Waals surface area contributed by atoms with Crippen molar-refractivity contribution in [3.05, 3.63) is 48.0 Å². The van der Waals surface area contributed by atoms with Gasteiger partial charge in [-0.2, -0.15) is 0 Å². The molecule has 0 unspecified atom stereocenters. The van der Waals surface area contributed by atoms with Gasteiger partial charge < -0.3 is 18.9 Å². The molecule has 1 aromatic carbocycles. The largest absolute Gasteiger partial charge is 0.486 e. The molecule has 1 aromatic heterocycles. The van der Waals surface area contributed by atoms with Gasteiger partial charge in [0.25, 0.3) is 0 Å². The fraction of sp³-hybridized carbons (Fsp3) is 0.545. The van der Waals surface area contributed by atoms with Crippen LogP contribution in [0.1, 0.15) is 38.6 Å². The number of amides is 1. The lowest BCUT2D eigenvalue weighted by Gasteiger charge is -2.26. The number of nitrogens with zero attached hydrogens (tertiary/aromatic N) is 4. The number of carbonyl (C=O) groups excluding carboxylic acids is 1. The number of hydrogen-bond acceptors (Lipinski definition) is 5. The molecule has 2 aromatic rings. The maximum absolute atomic E-state index is 12.3. The van der Waals surface area contributed by atoms with Crippen LogP contribution in [-0.4, -0.2) is 57.2 Å². The van der Waals surface area contributed by atoms with Crippen LogP contribution in [0.25, 0.3) is 0 Å². The lowest BCUT2D eigenvalue weighted by atomic mass is 10.2. The number of imidazole rings is 1. The van der Waals surface area contributed by atoms with Crippen LogP contribution in [0.4, 0.5) is 4.79 Å². The first-order chi connectivity index (χ1) is 13.8. The Balaban J connectivity index is 1.47. The van der Waals surface area contributed by atoms with E-state index in [0.29, 0.717) is 13.2 Å². The predicted molar refractivity (Wildman–Crippen MR) is 112 cm³/mol. The molecule has 1 aliphatic heterocycles. The summed E-state index contributed by atoms with van der Waals surface area (Å²) in [5.41, 5.74) is 0.781. The smallest absolute Gasteiger partial charge is 0.410 e. The van der Waals surface area contributed by atoms with Crippen molar-refractivity contribution in [2.24, 2.45) is 7.05 Å². The Morgan fingerprint density at radius 2 is 1.86 bits per heavy atom. The summed E-state index contributed by atoms with van der Waals surface area (Å²) in [6.07, 6.45) is 4.41. The summed E-state index contributed by atoms with van der Waals surface area (Å²) in [6, 6.07) is 8.21. The maximum Gasteiger partial charge on any atom is 0.410 e. The topological polar surface area (TPSA) is 59.8 Å². The maximum atomic E-state index is 12.3. The second-order valence-electron chi connectivity index (χ2n) is 8.48. The van der Waals surface area contributed by atoms with Crippen LogP contribution in [0.5, 0.6) is 5.75 Å². The van der Waals surface area contributed by atoms with Gasteiger partial charge in [-0.15, -0.1) is 0 Å². The van der Waals surface area contributed by atoms with Gasteiger partial charge in [0.15, 0.2) is 0 Å². The fourth-order valence-corrected chi connectivity index (χ4v) is 3.27. The zero-order valence-electron chi connectivity index (χ0n) is 17.9. The molecule has 3 rings (SSSR count). The second-order valence-corrected chi connectivity index (χ2v) is 8.48. The lowest BCUT2D eigenvalue weighted by Crippen LogP contribution is -2.39. The lowest BCUT2D eigenvalue weighted by molar-refractivity contribution is 0.0257. The molecule has 1 amide bonds. The van der Waals surface area contributed by atoms with Gasteiger partial charge in [-0.3, -0.25) is 4.90 Å². The number of aromatic nitrogens is 2. The van der Waals surface area contributed by atoms with Crippen molar-refractivity contribution in [1.29, 1.82) is 0 Å². The van der Waals surface area contributed by atoms with Crippen LogP contribution in [-0.2, 0) is 24.9 Å². The van der Waals surface area contributed by atoms with E-state index >= 15 is 0 Å². The number of benzene rings is 1. The van der Waals surface area contributed by atoms with Crippen molar-refractivity contribution in [3.63, 3.8) is 0 Å². The van der Waals surface area contributed by atoms with Crippen molar-refractivity contribution in [2.45, 2.75) is 45.9 Å². The molecule has 0 atom stereocenters. The molecular weight excluding hydrogens is 368 g/mol. The molecule has 158 valence electrons. The van der Waals surface area contributed by atoms with Crippen molar-refractivity contribution in [2.75, 3.05) is 26.2 Å². The van der Waals surface area contributed by atoms with Gasteiger partial charge in [-0.1, -0.05) is 12.1 Å². The standard InChI is InChI=1S/C22H32N4O3/c1-22(2,3)29-21(27)26-12-5-11-25(14-15-26)16-18-6-8-19(9-7-18)28-17-20-23-10-13-24(20)4/h6-10,13H,5,11-12,14-17H2,1-4H3. The summed E-state index contributed by atoms with van der Waals surface area (Å²) in [5.74, 6) is 1.73. The third-order valence-corrected chi connectivity index (χ3v) is 4.86. The van der Waals surface area contributed by atoms with Crippen molar-refractivity contribution >= 4 is 6.09 Å². The highest BCUT2D eigenvalue weighted by atomic mass is 16.6. The SMILES string of the molecule is Cn1ccnc1COc1ccc(CN2CCCN(C(=O)OC(C)(C)C)CC2)cc1. The summed E-state index contributed by atoms with van der Waals surface area (Å²) in [7, 11) is 1.96. The molecular formula is C22H32N4O3. The first-order valence-electron chi connectivity index (χ1n) is 10.2. The Labute approximate surface area is 173 Å². The number of ether oxygens (including phenoxy) is 2. The van der Waals surface area contributed by atoms with Gasteiger partial charge in [-0.05, 0) is 44.9 Å². The van der Waals surface area contributed by atoms with Crippen molar-refractivity contribution in [1.82, 2.24) is 19.4 Å². The van der Waals surface area contributed by atoms with E-state index in [1.807, 2.05) is 55.6 Å². The van der Waals surface area contributed by atoms with E-state index in [2.05, 4.69) is 22.0 Å². The molecule has 7 heteroatoms. The summed E-state index contributed by atoms with van der Waals surface area (Å²) < 4.78 is 13.3. The molecule has 1 aliphatic rings. The monoisotopic (exact) mass is 400 g/mol. The molecule has 7 nitrogen and oxygen atoms in total. The number of hydrogen-bond donors (Lipinski definition) is 0. The molecule has 0 N–H and O–H groups in total. The first kappa shape index (κ1) is 21.2.